The van der Waals surface area contributed by atoms with Gasteiger partial charge in [-0.25, -0.2) is 10.3 Å². The number of hydrogen-bond donors (Lipinski definition) is 10. The van der Waals surface area contributed by atoms with Crippen molar-refractivity contribution >= 4 is 6.03 Å². The van der Waals surface area contributed by atoms with E-state index in [9.17, 15) is 40.5 Å². The molecule has 0 aromatic rings. The summed E-state index contributed by atoms with van der Waals surface area (Å²) >= 11 is 0. The lowest BCUT2D eigenvalue weighted by Gasteiger charge is -2.31. The van der Waals surface area contributed by atoms with E-state index < -0.39 is 62.0 Å². The fourth-order valence-corrected chi connectivity index (χ4v) is 1.75. The zero-order valence-electron chi connectivity index (χ0n) is 13.9. The van der Waals surface area contributed by atoms with Crippen molar-refractivity contribution in [2.45, 2.75) is 62.6 Å². The van der Waals surface area contributed by atoms with Gasteiger partial charge in [-0.15, -0.1) is 0 Å². The van der Waals surface area contributed by atoms with E-state index in [-0.39, 0.29) is 6.04 Å². The Balaban J connectivity index is 4.45. The van der Waals surface area contributed by atoms with E-state index in [2.05, 4.69) is 10.2 Å². The summed E-state index contributed by atoms with van der Waals surface area (Å²) in [6.07, 6.45) is -14.0. The van der Waals surface area contributed by atoms with Gasteiger partial charge in [0.2, 0.25) is 0 Å². The highest BCUT2D eigenvalue weighted by Gasteiger charge is 2.39. The molecule has 7 atom stereocenters. The van der Waals surface area contributed by atoms with Gasteiger partial charge in [0.25, 0.3) is 0 Å². The van der Waals surface area contributed by atoms with Gasteiger partial charge in [0.1, 0.15) is 49.3 Å². The van der Waals surface area contributed by atoms with Crippen LogP contribution in [0.1, 0.15) is 13.8 Å². The van der Waals surface area contributed by atoms with Crippen LogP contribution >= 0.6 is 0 Å². The standard InChI is InChI=1S/C13H28N2O10/c1-5(2)14-13(24)15-25-4-7(18)9(20)11(22)12(23)10(21)8(19)6(17)3-16/h5-12,16-23H,3-4H2,1-2H3,(H2,14,15,24)/t6?,7-,8?,9-,10-,11+,12+/m1/s1. The molecule has 2 unspecified atom stereocenters. The first-order valence-corrected chi connectivity index (χ1v) is 7.58. The maximum atomic E-state index is 11.2. The average Bonchev–Trinajstić information content (AvgIpc) is 2.56. The van der Waals surface area contributed by atoms with Gasteiger partial charge in [0, 0.05) is 6.04 Å². The molecular weight excluding hydrogens is 344 g/mol. The third-order valence-electron chi connectivity index (χ3n) is 3.21. The van der Waals surface area contributed by atoms with Gasteiger partial charge in [-0.3, -0.25) is 4.84 Å². The van der Waals surface area contributed by atoms with Crippen molar-refractivity contribution in [2.24, 2.45) is 0 Å². The first kappa shape index (κ1) is 23.9. The number of aliphatic hydroxyl groups is 8. The minimum Gasteiger partial charge on any atom is -0.394 e. The Kier molecular flexibility index (Phi) is 11.0. The Morgan fingerprint density at radius 2 is 1.28 bits per heavy atom. The third kappa shape index (κ3) is 8.22. The number of hydroxylamine groups is 1. The average molecular weight is 372 g/mol. The van der Waals surface area contributed by atoms with Crippen molar-refractivity contribution in [3.8, 4) is 0 Å². The second kappa shape index (κ2) is 11.5. The molecule has 0 fully saturated rings. The summed E-state index contributed by atoms with van der Waals surface area (Å²) in [7, 11) is 0. The summed E-state index contributed by atoms with van der Waals surface area (Å²) in [5, 5.41) is 78.1. The predicted molar refractivity (Wildman–Crippen MR) is 81.9 cm³/mol. The minimum absolute atomic E-state index is 0.168. The minimum atomic E-state index is -2.15. The summed E-state index contributed by atoms with van der Waals surface area (Å²) < 4.78 is 0. The van der Waals surface area contributed by atoms with E-state index in [0.29, 0.717) is 0 Å². The van der Waals surface area contributed by atoms with Crippen molar-refractivity contribution in [1.29, 1.82) is 0 Å². The van der Waals surface area contributed by atoms with E-state index in [0.717, 1.165) is 0 Å². The largest absolute Gasteiger partial charge is 0.394 e. The number of nitrogens with one attached hydrogen (secondary N) is 2. The van der Waals surface area contributed by atoms with Crippen LogP contribution in [-0.2, 0) is 4.84 Å². The van der Waals surface area contributed by atoms with Gasteiger partial charge in [-0.1, -0.05) is 0 Å². The van der Waals surface area contributed by atoms with Gasteiger partial charge >= 0.3 is 6.03 Å². The van der Waals surface area contributed by atoms with Crippen LogP contribution in [0.15, 0.2) is 0 Å². The Labute approximate surface area is 144 Å². The molecule has 0 aliphatic carbocycles. The zero-order chi connectivity index (χ0) is 19.7. The summed E-state index contributed by atoms with van der Waals surface area (Å²) in [6, 6.07) is -0.868. The van der Waals surface area contributed by atoms with E-state index in [1.165, 1.54) is 0 Å². The van der Waals surface area contributed by atoms with E-state index in [1.54, 1.807) is 13.8 Å². The van der Waals surface area contributed by atoms with Crippen LogP contribution in [0.5, 0.6) is 0 Å². The molecule has 0 rings (SSSR count). The monoisotopic (exact) mass is 372 g/mol. The van der Waals surface area contributed by atoms with E-state index in [4.69, 9.17) is 5.11 Å². The fourth-order valence-electron chi connectivity index (χ4n) is 1.75. The number of aliphatic hydroxyl groups excluding tert-OH is 8. The van der Waals surface area contributed by atoms with Crippen LogP contribution in [0.2, 0.25) is 0 Å². The molecule has 12 heteroatoms. The first-order valence-electron chi connectivity index (χ1n) is 7.58. The van der Waals surface area contributed by atoms with Gasteiger partial charge in [-0.2, -0.15) is 0 Å². The fraction of sp³-hybridized carbons (Fsp3) is 0.923. The number of carbonyl (C=O) groups is 1. The molecule has 0 radical (unpaired) electrons. The van der Waals surface area contributed by atoms with Gasteiger partial charge in [-0.05, 0) is 13.8 Å². The molecule has 0 saturated heterocycles. The van der Waals surface area contributed by atoms with Crippen molar-refractivity contribution in [1.82, 2.24) is 10.8 Å². The molecule has 0 aliphatic rings. The lowest BCUT2D eigenvalue weighted by Crippen LogP contribution is -2.55. The Hall–Kier alpha value is -1.09. The zero-order valence-corrected chi connectivity index (χ0v) is 13.9. The molecule has 0 spiro atoms. The van der Waals surface area contributed by atoms with Crippen LogP contribution in [-0.4, -0.2) is 109 Å². The van der Waals surface area contributed by atoms with E-state index >= 15 is 0 Å². The van der Waals surface area contributed by atoms with Crippen LogP contribution in [0, 0.1) is 0 Å². The molecule has 10 N–H and O–H groups in total. The van der Waals surface area contributed by atoms with Crippen LogP contribution < -0.4 is 10.8 Å². The molecule has 0 bridgehead atoms. The lowest BCUT2D eigenvalue weighted by molar-refractivity contribution is -0.176. The number of hydrogen-bond acceptors (Lipinski definition) is 10. The first-order chi connectivity index (χ1) is 11.5. The predicted octanol–water partition coefficient (Wildman–Crippen LogP) is -4.86. The van der Waals surface area contributed by atoms with Crippen molar-refractivity contribution in [3.63, 3.8) is 0 Å². The van der Waals surface area contributed by atoms with Gasteiger partial charge in [0.05, 0.1) is 6.61 Å². The summed E-state index contributed by atoms with van der Waals surface area (Å²) in [4.78, 5) is 15.8. The summed E-state index contributed by atoms with van der Waals surface area (Å²) in [5.41, 5.74) is 1.92. The van der Waals surface area contributed by atoms with Gasteiger partial charge < -0.3 is 46.2 Å². The van der Waals surface area contributed by atoms with Crippen LogP contribution in [0.3, 0.4) is 0 Å². The summed E-state index contributed by atoms with van der Waals surface area (Å²) in [6.45, 7) is 1.82. The van der Waals surface area contributed by atoms with Gasteiger partial charge in [0.15, 0.2) is 0 Å². The highest BCUT2D eigenvalue weighted by molar-refractivity contribution is 5.72. The maximum absolute atomic E-state index is 11.2. The SMILES string of the molecule is CC(C)NC(=O)NOC[C@@H](O)[C@@H](O)[C@H](O)[C@@H](O)[C@H](O)C(O)C(O)CO. The molecule has 0 aliphatic heterocycles. The molecular formula is C13H28N2O10. The molecule has 12 nitrogen and oxygen atoms in total. The molecule has 0 saturated carbocycles. The maximum Gasteiger partial charge on any atom is 0.338 e. The second-order valence-corrected chi connectivity index (χ2v) is 5.81. The molecule has 25 heavy (non-hydrogen) atoms. The summed E-state index contributed by atoms with van der Waals surface area (Å²) in [5.74, 6) is 0. The normalized spacial score (nSPS) is 20.3. The van der Waals surface area contributed by atoms with Crippen molar-refractivity contribution in [3.05, 3.63) is 0 Å². The smallest absolute Gasteiger partial charge is 0.338 e. The van der Waals surface area contributed by atoms with Crippen LogP contribution in [0.25, 0.3) is 0 Å². The van der Waals surface area contributed by atoms with Crippen LogP contribution in [0.4, 0.5) is 4.79 Å². The topological polar surface area (TPSA) is 212 Å². The molecule has 0 heterocycles. The quantitative estimate of drug-likeness (QED) is 0.156. The number of amides is 2. The number of carbonyl (C=O) groups excluding carboxylic acids is 1. The number of urea groups is 1. The Bertz CT molecular complexity index is 386. The Morgan fingerprint density at radius 1 is 0.840 bits per heavy atom. The molecule has 0 aromatic heterocycles. The molecule has 150 valence electrons. The van der Waals surface area contributed by atoms with E-state index in [1.807, 2.05) is 5.48 Å². The Morgan fingerprint density at radius 3 is 1.72 bits per heavy atom. The molecule has 2 amide bonds. The lowest BCUT2D eigenvalue weighted by atomic mass is 9.94. The third-order valence-corrected chi connectivity index (χ3v) is 3.21. The molecule has 0 aromatic carbocycles. The highest BCUT2D eigenvalue weighted by atomic mass is 16.7. The van der Waals surface area contributed by atoms with Crippen molar-refractivity contribution < 1.29 is 50.5 Å². The number of rotatable bonds is 11. The van der Waals surface area contributed by atoms with Crippen molar-refractivity contribution in [2.75, 3.05) is 13.2 Å². The highest BCUT2D eigenvalue weighted by Crippen LogP contribution is 2.13. The second-order valence-electron chi connectivity index (χ2n) is 5.81.